The molecule has 0 aliphatic carbocycles. The first-order chi connectivity index (χ1) is 7.22. The molecule has 0 spiro atoms. The van der Waals surface area contributed by atoms with Crippen molar-refractivity contribution in [2.75, 3.05) is 12.4 Å². The zero-order valence-electron chi connectivity index (χ0n) is 8.02. The van der Waals surface area contributed by atoms with E-state index in [9.17, 15) is 9.59 Å². The molecule has 1 N–H and O–H groups in total. The fraction of sp³-hybridized carbons (Fsp3) is 0.200. The van der Waals surface area contributed by atoms with E-state index >= 15 is 0 Å². The zero-order chi connectivity index (χ0) is 10.8. The second kappa shape index (κ2) is 3.94. The Labute approximate surface area is 91.0 Å². The van der Waals surface area contributed by atoms with Crippen molar-refractivity contribution >= 4 is 29.3 Å². The molecule has 1 aromatic carbocycles. The van der Waals surface area contributed by atoms with E-state index in [4.69, 9.17) is 0 Å². The van der Waals surface area contributed by atoms with Crippen LogP contribution in [0.15, 0.2) is 29.2 Å². The molecular formula is C10H9NO3S. The molecule has 0 radical (unpaired) electrons. The first kappa shape index (κ1) is 10.0. The maximum absolute atomic E-state index is 11.5. The van der Waals surface area contributed by atoms with Crippen molar-refractivity contribution in [3.63, 3.8) is 0 Å². The number of carbonyl (C=O) groups excluding carboxylic acids is 2. The van der Waals surface area contributed by atoms with Crippen molar-refractivity contribution in [1.82, 2.24) is 0 Å². The van der Waals surface area contributed by atoms with E-state index in [0.717, 1.165) is 10.6 Å². The normalized spacial score (nSPS) is 19.0. The summed E-state index contributed by atoms with van der Waals surface area (Å²) in [5, 5.41) is 1.86. The van der Waals surface area contributed by atoms with Gasteiger partial charge in [0.05, 0.1) is 12.8 Å². The number of carbonyl (C=O) groups is 2. The van der Waals surface area contributed by atoms with Gasteiger partial charge in [-0.3, -0.25) is 9.59 Å². The molecule has 0 saturated heterocycles. The Morgan fingerprint density at radius 2 is 2.20 bits per heavy atom. The second-order valence-electron chi connectivity index (χ2n) is 3.01. The van der Waals surface area contributed by atoms with Crippen molar-refractivity contribution in [2.45, 2.75) is 10.1 Å². The Kier molecular flexibility index (Phi) is 2.64. The number of hydrogen-bond acceptors (Lipinski definition) is 4. The molecule has 0 unspecified atom stereocenters. The number of esters is 1. The SMILES string of the molecule is COC(=O)[C@H]1Sc2ccccc2NC1=O. The van der Waals surface area contributed by atoms with Crippen LogP contribution in [-0.4, -0.2) is 24.2 Å². The predicted octanol–water partition coefficient (Wildman–Crippen LogP) is 1.27. The largest absolute Gasteiger partial charge is 0.468 e. The summed E-state index contributed by atoms with van der Waals surface area (Å²) in [6.45, 7) is 0. The molecule has 1 amide bonds. The highest BCUT2D eigenvalue weighted by Crippen LogP contribution is 2.35. The third kappa shape index (κ3) is 1.83. The smallest absolute Gasteiger partial charge is 0.328 e. The van der Waals surface area contributed by atoms with Gasteiger partial charge in [0.25, 0.3) is 0 Å². The van der Waals surface area contributed by atoms with E-state index < -0.39 is 11.2 Å². The summed E-state index contributed by atoms with van der Waals surface area (Å²) in [6.07, 6.45) is 0. The molecule has 4 nitrogen and oxygen atoms in total. The van der Waals surface area contributed by atoms with Gasteiger partial charge in [-0.15, -0.1) is 0 Å². The molecule has 1 atom stereocenters. The molecular weight excluding hydrogens is 214 g/mol. The standard InChI is InChI=1S/C10H9NO3S/c1-14-10(13)8-9(12)11-6-4-2-3-5-7(6)15-8/h2-5,8H,1H3,(H,11,12)/t8-/m0/s1. The molecule has 15 heavy (non-hydrogen) atoms. The summed E-state index contributed by atoms with van der Waals surface area (Å²) < 4.78 is 4.55. The van der Waals surface area contributed by atoms with Crippen LogP contribution in [0.3, 0.4) is 0 Å². The molecule has 1 heterocycles. The van der Waals surface area contributed by atoms with E-state index in [0.29, 0.717) is 0 Å². The van der Waals surface area contributed by atoms with Crippen LogP contribution in [0.25, 0.3) is 0 Å². The average Bonchev–Trinajstić information content (AvgIpc) is 2.27. The Balaban J connectivity index is 2.29. The first-order valence-electron chi connectivity index (χ1n) is 4.37. The van der Waals surface area contributed by atoms with Crippen molar-refractivity contribution in [3.8, 4) is 0 Å². The Bertz CT molecular complexity index is 419. The van der Waals surface area contributed by atoms with Crippen LogP contribution >= 0.6 is 11.8 Å². The lowest BCUT2D eigenvalue weighted by Crippen LogP contribution is -2.35. The van der Waals surface area contributed by atoms with E-state index in [2.05, 4.69) is 10.1 Å². The molecule has 5 heteroatoms. The van der Waals surface area contributed by atoms with E-state index in [1.54, 1.807) is 6.07 Å². The molecule has 78 valence electrons. The predicted molar refractivity (Wildman–Crippen MR) is 56.7 cm³/mol. The number of benzene rings is 1. The van der Waals surface area contributed by atoms with Crippen LogP contribution < -0.4 is 5.32 Å². The lowest BCUT2D eigenvalue weighted by atomic mass is 10.3. The zero-order valence-corrected chi connectivity index (χ0v) is 8.84. The van der Waals surface area contributed by atoms with Gasteiger partial charge in [-0.1, -0.05) is 23.9 Å². The minimum absolute atomic E-state index is 0.328. The maximum Gasteiger partial charge on any atom is 0.328 e. The van der Waals surface area contributed by atoms with Crippen molar-refractivity contribution in [2.24, 2.45) is 0 Å². The maximum atomic E-state index is 11.5. The van der Waals surface area contributed by atoms with Crippen LogP contribution in [0.2, 0.25) is 0 Å². The monoisotopic (exact) mass is 223 g/mol. The number of para-hydroxylation sites is 1. The number of thioether (sulfide) groups is 1. The summed E-state index contributed by atoms with van der Waals surface area (Å²) in [4.78, 5) is 23.7. The minimum atomic E-state index is -0.801. The Morgan fingerprint density at radius 1 is 1.47 bits per heavy atom. The number of methoxy groups -OCH3 is 1. The molecule has 1 aliphatic rings. The molecule has 0 aromatic heterocycles. The van der Waals surface area contributed by atoms with Crippen LogP contribution in [0.1, 0.15) is 0 Å². The fourth-order valence-electron chi connectivity index (χ4n) is 1.31. The topological polar surface area (TPSA) is 55.4 Å². The highest BCUT2D eigenvalue weighted by molar-refractivity contribution is 8.01. The van der Waals surface area contributed by atoms with Gasteiger partial charge < -0.3 is 10.1 Å². The molecule has 1 aromatic rings. The van der Waals surface area contributed by atoms with Crippen molar-refractivity contribution in [3.05, 3.63) is 24.3 Å². The third-order valence-electron chi connectivity index (χ3n) is 2.04. The summed E-state index contributed by atoms with van der Waals surface area (Å²) in [7, 11) is 1.27. The molecule has 0 saturated carbocycles. The highest BCUT2D eigenvalue weighted by atomic mass is 32.2. The van der Waals surface area contributed by atoms with Crippen LogP contribution in [-0.2, 0) is 14.3 Å². The van der Waals surface area contributed by atoms with Gasteiger partial charge in [-0.2, -0.15) is 0 Å². The summed E-state index contributed by atoms with van der Waals surface area (Å²) in [5.74, 6) is -0.849. The average molecular weight is 223 g/mol. The van der Waals surface area contributed by atoms with Gasteiger partial charge in [0.2, 0.25) is 5.91 Å². The van der Waals surface area contributed by atoms with Crippen LogP contribution in [0.4, 0.5) is 5.69 Å². The molecule has 0 fully saturated rings. The lowest BCUT2D eigenvalue weighted by molar-refractivity contribution is -0.142. The van der Waals surface area contributed by atoms with Gasteiger partial charge >= 0.3 is 5.97 Å². The number of nitrogens with one attached hydrogen (secondary N) is 1. The van der Waals surface area contributed by atoms with E-state index in [1.165, 1.54) is 18.9 Å². The van der Waals surface area contributed by atoms with E-state index in [1.807, 2.05) is 18.2 Å². The van der Waals surface area contributed by atoms with Crippen molar-refractivity contribution < 1.29 is 14.3 Å². The number of rotatable bonds is 1. The summed E-state index contributed by atoms with van der Waals surface area (Å²) in [5.41, 5.74) is 0.743. The van der Waals surface area contributed by atoms with Gasteiger partial charge in [-0.05, 0) is 12.1 Å². The number of fused-ring (bicyclic) bond motifs is 1. The van der Waals surface area contributed by atoms with Gasteiger partial charge in [0, 0.05) is 4.90 Å². The second-order valence-corrected chi connectivity index (χ2v) is 4.15. The van der Waals surface area contributed by atoms with Crippen molar-refractivity contribution in [1.29, 1.82) is 0 Å². The van der Waals surface area contributed by atoms with E-state index in [-0.39, 0.29) is 5.91 Å². The lowest BCUT2D eigenvalue weighted by Gasteiger charge is -2.21. The molecule has 1 aliphatic heterocycles. The fourth-order valence-corrected chi connectivity index (χ4v) is 2.33. The molecule has 0 bridgehead atoms. The number of ether oxygens (including phenoxy) is 1. The first-order valence-corrected chi connectivity index (χ1v) is 5.24. The summed E-state index contributed by atoms with van der Waals surface area (Å²) >= 11 is 1.21. The van der Waals surface area contributed by atoms with Gasteiger partial charge in [-0.25, -0.2) is 0 Å². The minimum Gasteiger partial charge on any atom is -0.468 e. The van der Waals surface area contributed by atoms with Crippen LogP contribution in [0.5, 0.6) is 0 Å². The van der Waals surface area contributed by atoms with Gasteiger partial charge in [0.1, 0.15) is 0 Å². The van der Waals surface area contributed by atoms with Gasteiger partial charge in [0.15, 0.2) is 5.25 Å². The number of hydrogen-bond donors (Lipinski definition) is 1. The quantitative estimate of drug-likeness (QED) is 0.575. The number of amides is 1. The Morgan fingerprint density at radius 3 is 2.93 bits per heavy atom. The molecule has 2 rings (SSSR count). The Hall–Kier alpha value is -1.49. The number of anilines is 1. The van der Waals surface area contributed by atoms with Crippen LogP contribution in [0, 0.1) is 0 Å². The summed E-state index contributed by atoms with van der Waals surface area (Å²) in [6, 6.07) is 7.35. The highest BCUT2D eigenvalue weighted by Gasteiger charge is 2.33. The third-order valence-corrected chi connectivity index (χ3v) is 3.30.